The molecule has 1 fully saturated rings. The molecule has 0 saturated carbocycles. The Bertz CT molecular complexity index is 1460. The van der Waals surface area contributed by atoms with Gasteiger partial charge in [-0.05, 0) is 55.0 Å². The van der Waals surface area contributed by atoms with E-state index in [4.69, 9.17) is 16.3 Å². The molecule has 1 saturated heterocycles. The average molecular weight is 491 g/mol. The topological polar surface area (TPSA) is 79.7 Å². The van der Waals surface area contributed by atoms with Crippen molar-refractivity contribution in [2.45, 2.75) is 13.0 Å². The third-order valence-corrected chi connectivity index (χ3v) is 7.02. The lowest BCUT2D eigenvalue weighted by Crippen LogP contribution is -2.29. The van der Waals surface area contributed by atoms with Crippen molar-refractivity contribution in [1.29, 1.82) is 0 Å². The number of aryl methyl sites for hydroxylation is 1. The number of carbonyl (C=O) groups is 2. The fraction of sp³-hybridized carbons (Fsp3) is 0.115. The smallest absolute Gasteiger partial charge is 0.301 e. The van der Waals surface area contributed by atoms with Crippen LogP contribution in [0, 0.1) is 6.92 Å². The molecule has 1 amide bonds. The first kappa shape index (κ1) is 22.1. The Hall–Kier alpha value is -3.68. The Morgan fingerprint density at radius 2 is 1.76 bits per heavy atom. The van der Waals surface area contributed by atoms with Crippen LogP contribution in [0.1, 0.15) is 22.7 Å². The average Bonchev–Trinajstić information content (AvgIpc) is 3.37. The highest BCUT2D eigenvalue weighted by molar-refractivity contribution is 7.22. The molecular formula is C26H19ClN2O4S. The highest BCUT2D eigenvalue weighted by Crippen LogP contribution is 2.44. The number of halogens is 1. The molecule has 4 aromatic rings. The van der Waals surface area contributed by atoms with E-state index in [0.29, 0.717) is 32.5 Å². The van der Waals surface area contributed by atoms with E-state index in [9.17, 15) is 14.7 Å². The maximum Gasteiger partial charge on any atom is 0.301 e. The van der Waals surface area contributed by atoms with Crippen LogP contribution in [0.25, 0.3) is 16.0 Å². The Balaban J connectivity index is 1.71. The molecule has 0 spiro atoms. The van der Waals surface area contributed by atoms with E-state index in [1.165, 1.54) is 16.2 Å². The largest absolute Gasteiger partial charge is 0.507 e. The number of anilines is 1. The Labute approximate surface area is 204 Å². The van der Waals surface area contributed by atoms with Crippen LogP contribution < -0.4 is 9.64 Å². The Morgan fingerprint density at radius 3 is 2.44 bits per heavy atom. The zero-order valence-electron chi connectivity index (χ0n) is 18.3. The van der Waals surface area contributed by atoms with Gasteiger partial charge in [0.2, 0.25) is 0 Å². The molecule has 8 heteroatoms. The van der Waals surface area contributed by atoms with Crippen molar-refractivity contribution >= 4 is 55.7 Å². The molecular weight excluding hydrogens is 472 g/mol. The quantitative estimate of drug-likeness (QED) is 0.219. The van der Waals surface area contributed by atoms with Gasteiger partial charge in [-0.1, -0.05) is 52.8 Å². The van der Waals surface area contributed by atoms with E-state index < -0.39 is 17.7 Å². The summed E-state index contributed by atoms with van der Waals surface area (Å²) in [6, 6.07) is 18.6. The molecule has 1 atom stereocenters. The molecule has 3 aromatic carbocycles. The van der Waals surface area contributed by atoms with Gasteiger partial charge in [0.15, 0.2) is 5.13 Å². The van der Waals surface area contributed by atoms with E-state index in [1.807, 2.05) is 37.3 Å². The molecule has 5 rings (SSSR count). The Morgan fingerprint density at radius 1 is 1.06 bits per heavy atom. The van der Waals surface area contributed by atoms with E-state index >= 15 is 0 Å². The van der Waals surface area contributed by atoms with Gasteiger partial charge in [0.25, 0.3) is 5.78 Å². The summed E-state index contributed by atoms with van der Waals surface area (Å²) in [5.74, 6) is -1.10. The zero-order valence-corrected chi connectivity index (χ0v) is 19.9. The lowest BCUT2D eigenvalue weighted by Gasteiger charge is -2.23. The van der Waals surface area contributed by atoms with Crippen LogP contribution in [0.3, 0.4) is 0 Å². The predicted octanol–water partition coefficient (Wildman–Crippen LogP) is 5.89. The number of hydrogen-bond acceptors (Lipinski definition) is 6. The molecule has 0 radical (unpaired) electrons. The first-order valence-corrected chi connectivity index (χ1v) is 11.6. The van der Waals surface area contributed by atoms with Crippen molar-refractivity contribution in [3.05, 3.63) is 94.0 Å². The second-order valence-electron chi connectivity index (χ2n) is 7.92. The summed E-state index contributed by atoms with van der Waals surface area (Å²) in [6.45, 7) is 1.95. The normalized spacial score (nSPS) is 17.5. The highest BCUT2D eigenvalue weighted by Gasteiger charge is 2.48. The number of ketones is 1. The molecule has 6 nitrogen and oxygen atoms in total. The van der Waals surface area contributed by atoms with Crippen LogP contribution >= 0.6 is 22.9 Å². The van der Waals surface area contributed by atoms with Crippen molar-refractivity contribution in [2.75, 3.05) is 12.0 Å². The van der Waals surface area contributed by atoms with E-state index in [-0.39, 0.29) is 11.3 Å². The number of ether oxygens (including phenoxy) is 1. The minimum Gasteiger partial charge on any atom is -0.507 e. The van der Waals surface area contributed by atoms with Crippen molar-refractivity contribution in [2.24, 2.45) is 0 Å². The summed E-state index contributed by atoms with van der Waals surface area (Å²) in [7, 11) is 1.58. The molecule has 1 aliphatic rings. The first-order valence-electron chi connectivity index (χ1n) is 10.5. The second-order valence-corrected chi connectivity index (χ2v) is 9.36. The molecule has 0 aliphatic carbocycles. The van der Waals surface area contributed by atoms with Gasteiger partial charge >= 0.3 is 5.91 Å². The molecule has 1 aliphatic heterocycles. The summed E-state index contributed by atoms with van der Waals surface area (Å²) in [5, 5.41) is 12.0. The SMILES string of the molecule is COc1ccc2nc(N3C(=O)C(=O)/C(=C(/O)c4ccc(Cl)cc4)C3c3ccc(C)cc3)sc2c1. The standard InChI is InChI=1S/C26H19ClN2O4S/c1-14-3-5-15(6-4-14)22-21(23(30)16-7-9-17(27)10-8-16)24(31)25(32)29(22)26-28-19-12-11-18(33-2)13-20(19)34-26/h3-13,22,30H,1-2H3/b23-21+. The molecule has 34 heavy (non-hydrogen) atoms. The van der Waals surface area contributed by atoms with Crippen molar-refractivity contribution in [1.82, 2.24) is 4.98 Å². The van der Waals surface area contributed by atoms with Gasteiger partial charge in [0.1, 0.15) is 11.5 Å². The van der Waals surface area contributed by atoms with Gasteiger partial charge in [-0.25, -0.2) is 4.98 Å². The van der Waals surface area contributed by atoms with E-state index in [1.54, 1.807) is 43.5 Å². The number of aliphatic hydroxyl groups is 1. The summed E-state index contributed by atoms with van der Waals surface area (Å²) >= 11 is 7.27. The van der Waals surface area contributed by atoms with Crippen LogP contribution in [0.5, 0.6) is 5.75 Å². The molecule has 1 aromatic heterocycles. The van der Waals surface area contributed by atoms with Crippen molar-refractivity contribution in [3.63, 3.8) is 0 Å². The van der Waals surface area contributed by atoms with Crippen LogP contribution in [-0.2, 0) is 9.59 Å². The fourth-order valence-corrected chi connectivity index (χ4v) is 5.13. The number of Topliss-reactive ketones (excluding diaryl/α,β-unsaturated/α-hetero) is 1. The van der Waals surface area contributed by atoms with Crippen LogP contribution in [-0.4, -0.2) is 28.9 Å². The third-order valence-electron chi connectivity index (χ3n) is 5.75. The monoisotopic (exact) mass is 490 g/mol. The lowest BCUT2D eigenvalue weighted by molar-refractivity contribution is -0.132. The zero-order chi connectivity index (χ0) is 24.0. The van der Waals surface area contributed by atoms with Crippen molar-refractivity contribution < 1.29 is 19.4 Å². The summed E-state index contributed by atoms with van der Waals surface area (Å²) in [6.07, 6.45) is 0. The number of carbonyl (C=O) groups excluding carboxylic acids is 2. The number of aromatic nitrogens is 1. The number of methoxy groups -OCH3 is 1. The molecule has 2 heterocycles. The van der Waals surface area contributed by atoms with Crippen LogP contribution in [0.4, 0.5) is 5.13 Å². The summed E-state index contributed by atoms with van der Waals surface area (Å²) < 4.78 is 6.11. The van der Waals surface area contributed by atoms with Gasteiger partial charge in [-0.15, -0.1) is 0 Å². The second kappa shape index (κ2) is 8.59. The number of aliphatic hydroxyl groups excluding tert-OH is 1. The van der Waals surface area contributed by atoms with Gasteiger partial charge in [0.05, 0.1) is 28.9 Å². The van der Waals surface area contributed by atoms with Crippen LogP contribution in [0.15, 0.2) is 72.3 Å². The summed E-state index contributed by atoms with van der Waals surface area (Å²) in [5.41, 5.74) is 2.81. The summed E-state index contributed by atoms with van der Waals surface area (Å²) in [4.78, 5) is 32.6. The maximum atomic E-state index is 13.3. The number of benzene rings is 3. The van der Waals surface area contributed by atoms with E-state index in [0.717, 1.165) is 10.3 Å². The molecule has 170 valence electrons. The minimum absolute atomic E-state index is 0.00742. The van der Waals surface area contributed by atoms with E-state index in [2.05, 4.69) is 4.98 Å². The maximum absolute atomic E-state index is 13.3. The number of fused-ring (bicyclic) bond motifs is 1. The number of thiazole rings is 1. The van der Waals surface area contributed by atoms with Crippen LogP contribution in [0.2, 0.25) is 5.02 Å². The predicted molar refractivity (Wildman–Crippen MR) is 134 cm³/mol. The van der Waals surface area contributed by atoms with Gasteiger partial charge < -0.3 is 9.84 Å². The minimum atomic E-state index is -0.835. The van der Waals surface area contributed by atoms with Gasteiger partial charge in [-0.3, -0.25) is 14.5 Å². The highest BCUT2D eigenvalue weighted by atomic mass is 35.5. The number of amides is 1. The molecule has 1 unspecified atom stereocenters. The van der Waals surface area contributed by atoms with Gasteiger partial charge in [-0.2, -0.15) is 0 Å². The third kappa shape index (κ3) is 3.73. The molecule has 0 bridgehead atoms. The number of nitrogens with zero attached hydrogens (tertiary/aromatic N) is 2. The number of hydrogen-bond donors (Lipinski definition) is 1. The fourth-order valence-electron chi connectivity index (χ4n) is 3.98. The molecule has 1 N–H and O–H groups in total. The van der Waals surface area contributed by atoms with Gasteiger partial charge in [0, 0.05) is 10.6 Å². The number of rotatable bonds is 4. The first-order chi connectivity index (χ1) is 16.4. The van der Waals surface area contributed by atoms with Crippen molar-refractivity contribution in [3.8, 4) is 5.75 Å². The lowest BCUT2D eigenvalue weighted by atomic mass is 9.95. The Kier molecular flexibility index (Phi) is 5.59.